The maximum absolute atomic E-state index is 12.5. The van der Waals surface area contributed by atoms with Crippen LogP contribution in [0.25, 0.3) is 0 Å². The summed E-state index contributed by atoms with van der Waals surface area (Å²) in [5.41, 5.74) is 0.916. The lowest BCUT2D eigenvalue weighted by atomic mass is 9.87. The molecule has 2 fully saturated rings. The predicted molar refractivity (Wildman–Crippen MR) is 108 cm³/mol. The highest BCUT2D eigenvalue weighted by Crippen LogP contribution is 2.31. The molecule has 0 aliphatic carbocycles. The molecule has 2 aliphatic rings. The average molecular weight is 391 g/mol. The minimum atomic E-state index is -0.497. The number of aliphatic hydroxyl groups is 1. The van der Waals surface area contributed by atoms with Crippen molar-refractivity contribution in [3.8, 4) is 5.75 Å². The van der Waals surface area contributed by atoms with Gasteiger partial charge >= 0.3 is 0 Å². The zero-order valence-corrected chi connectivity index (χ0v) is 17.2. The third-order valence-corrected chi connectivity index (χ3v) is 5.98. The highest BCUT2D eigenvalue weighted by atomic mass is 16.5. The average Bonchev–Trinajstić information content (AvgIpc) is 2.73. The van der Waals surface area contributed by atoms with Crippen LogP contribution in [0.15, 0.2) is 24.3 Å². The minimum absolute atomic E-state index is 0.0768. The van der Waals surface area contributed by atoms with Crippen molar-refractivity contribution >= 4 is 5.91 Å². The lowest BCUT2D eigenvalue weighted by molar-refractivity contribution is -0.141. The summed E-state index contributed by atoms with van der Waals surface area (Å²) in [5.74, 6) is 1.08. The van der Waals surface area contributed by atoms with Gasteiger partial charge in [-0.25, -0.2) is 0 Å². The van der Waals surface area contributed by atoms with Gasteiger partial charge in [0.2, 0.25) is 5.91 Å². The quantitative estimate of drug-likeness (QED) is 0.775. The molecule has 0 bridgehead atoms. The van der Waals surface area contributed by atoms with Crippen molar-refractivity contribution in [2.75, 3.05) is 46.4 Å². The van der Waals surface area contributed by atoms with E-state index in [4.69, 9.17) is 9.47 Å². The maximum Gasteiger partial charge on any atom is 0.248 e. The molecule has 156 valence electrons. The van der Waals surface area contributed by atoms with Crippen LogP contribution in [0.5, 0.6) is 5.75 Å². The summed E-state index contributed by atoms with van der Waals surface area (Å²) in [7, 11) is 2.12. The third kappa shape index (κ3) is 5.69. The van der Waals surface area contributed by atoms with E-state index in [1.807, 2.05) is 36.1 Å². The number of piperidine rings is 2. The number of amides is 1. The van der Waals surface area contributed by atoms with Crippen LogP contribution < -0.4 is 4.74 Å². The Hall–Kier alpha value is -1.63. The molecule has 1 amide bonds. The van der Waals surface area contributed by atoms with Gasteiger partial charge in [0.1, 0.15) is 12.4 Å². The molecule has 6 nitrogen and oxygen atoms in total. The van der Waals surface area contributed by atoms with Crippen LogP contribution >= 0.6 is 0 Å². The number of carbonyl (C=O) groups excluding carboxylic acids is 1. The molecule has 0 radical (unpaired) electrons. The summed E-state index contributed by atoms with van der Waals surface area (Å²) in [5, 5.41) is 10.7. The summed E-state index contributed by atoms with van der Waals surface area (Å²) < 4.78 is 11.3. The van der Waals surface area contributed by atoms with Gasteiger partial charge in [-0.05, 0) is 63.3 Å². The van der Waals surface area contributed by atoms with Crippen molar-refractivity contribution in [3.05, 3.63) is 29.8 Å². The summed E-state index contributed by atoms with van der Waals surface area (Å²) in [6.07, 6.45) is 3.34. The largest absolute Gasteiger partial charge is 0.494 e. The van der Waals surface area contributed by atoms with Gasteiger partial charge in [-0.15, -0.1) is 0 Å². The second kappa shape index (κ2) is 10.2. The van der Waals surface area contributed by atoms with Crippen LogP contribution in [0.2, 0.25) is 0 Å². The molecule has 3 rings (SSSR count). The van der Waals surface area contributed by atoms with E-state index in [1.54, 1.807) is 0 Å². The number of likely N-dealkylation sites (tertiary alicyclic amines) is 2. The Balaban J connectivity index is 1.41. The second-order valence-electron chi connectivity index (χ2n) is 7.98. The van der Waals surface area contributed by atoms with Gasteiger partial charge in [-0.3, -0.25) is 4.79 Å². The van der Waals surface area contributed by atoms with Crippen LogP contribution in [0.1, 0.15) is 44.3 Å². The number of ether oxygens (including phenoxy) is 2. The van der Waals surface area contributed by atoms with Crippen molar-refractivity contribution in [1.82, 2.24) is 9.80 Å². The molecule has 2 heterocycles. The molecule has 2 aliphatic heterocycles. The van der Waals surface area contributed by atoms with Gasteiger partial charge in [-0.2, -0.15) is 0 Å². The van der Waals surface area contributed by atoms with E-state index in [0.717, 1.165) is 50.1 Å². The number of rotatable bonds is 7. The molecular formula is C22H34N2O4. The summed E-state index contributed by atoms with van der Waals surface area (Å²) in [4.78, 5) is 16.6. The number of hydrogen-bond donors (Lipinski definition) is 1. The fraction of sp³-hybridized carbons (Fsp3) is 0.682. The van der Waals surface area contributed by atoms with E-state index in [-0.39, 0.29) is 24.5 Å². The van der Waals surface area contributed by atoms with Gasteiger partial charge < -0.3 is 24.4 Å². The van der Waals surface area contributed by atoms with E-state index in [0.29, 0.717) is 19.7 Å². The number of nitrogens with zero attached hydrogens (tertiary/aromatic N) is 2. The highest BCUT2D eigenvalue weighted by molar-refractivity contribution is 5.77. The van der Waals surface area contributed by atoms with Crippen LogP contribution in [0, 0.1) is 5.92 Å². The smallest absolute Gasteiger partial charge is 0.248 e. The monoisotopic (exact) mass is 390 g/mol. The van der Waals surface area contributed by atoms with E-state index in [2.05, 4.69) is 11.9 Å². The molecule has 1 N–H and O–H groups in total. The van der Waals surface area contributed by atoms with E-state index in [9.17, 15) is 9.90 Å². The molecule has 1 atom stereocenters. The Morgan fingerprint density at radius 2 is 1.75 bits per heavy atom. The summed E-state index contributed by atoms with van der Waals surface area (Å²) in [6.45, 7) is 6.22. The van der Waals surface area contributed by atoms with E-state index >= 15 is 0 Å². The Labute approximate surface area is 168 Å². The Kier molecular flexibility index (Phi) is 7.71. The molecule has 1 aromatic rings. The zero-order valence-electron chi connectivity index (χ0n) is 17.2. The minimum Gasteiger partial charge on any atom is -0.494 e. The molecule has 2 saturated heterocycles. The highest BCUT2D eigenvalue weighted by Gasteiger charge is 2.29. The van der Waals surface area contributed by atoms with Crippen molar-refractivity contribution in [2.24, 2.45) is 5.92 Å². The molecule has 1 aromatic carbocycles. The van der Waals surface area contributed by atoms with Gasteiger partial charge in [0.05, 0.1) is 18.8 Å². The van der Waals surface area contributed by atoms with E-state index < -0.39 is 6.10 Å². The number of benzene rings is 1. The summed E-state index contributed by atoms with van der Waals surface area (Å²) >= 11 is 0. The molecule has 0 spiro atoms. The van der Waals surface area contributed by atoms with Gasteiger partial charge in [0.15, 0.2) is 0 Å². The lowest BCUT2D eigenvalue weighted by Crippen LogP contribution is -2.42. The zero-order chi connectivity index (χ0) is 19.9. The topological polar surface area (TPSA) is 62.2 Å². The third-order valence-electron chi connectivity index (χ3n) is 5.98. The second-order valence-corrected chi connectivity index (χ2v) is 7.98. The molecular weight excluding hydrogens is 356 g/mol. The van der Waals surface area contributed by atoms with Crippen molar-refractivity contribution in [3.63, 3.8) is 0 Å². The first-order valence-electron chi connectivity index (χ1n) is 10.6. The van der Waals surface area contributed by atoms with Crippen LogP contribution in [-0.2, 0) is 9.53 Å². The first kappa shape index (κ1) is 21.1. The summed E-state index contributed by atoms with van der Waals surface area (Å²) in [6, 6.07) is 7.67. The SMILES string of the molecule is CCOc1ccc(C(O)C2CCN(C(=O)COC3CCN(C)CC3)CC2)cc1. The normalized spacial score (nSPS) is 20.9. The van der Waals surface area contributed by atoms with Crippen LogP contribution in [0.3, 0.4) is 0 Å². The fourth-order valence-electron chi connectivity index (χ4n) is 4.10. The van der Waals surface area contributed by atoms with Crippen LogP contribution in [-0.4, -0.2) is 73.4 Å². The van der Waals surface area contributed by atoms with Crippen molar-refractivity contribution in [1.29, 1.82) is 0 Å². The first-order chi connectivity index (χ1) is 13.6. The first-order valence-corrected chi connectivity index (χ1v) is 10.6. The molecule has 0 aromatic heterocycles. The lowest BCUT2D eigenvalue weighted by Gasteiger charge is -2.35. The Bertz CT molecular complexity index is 605. The molecule has 6 heteroatoms. The molecule has 1 unspecified atom stereocenters. The molecule has 28 heavy (non-hydrogen) atoms. The number of hydrogen-bond acceptors (Lipinski definition) is 5. The van der Waals surface area contributed by atoms with Crippen molar-refractivity contribution < 1.29 is 19.4 Å². The Morgan fingerprint density at radius 1 is 1.11 bits per heavy atom. The van der Waals surface area contributed by atoms with Gasteiger partial charge in [-0.1, -0.05) is 12.1 Å². The molecule has 0 saturated carbocycles. The van der Waals surface area contributed by atoms with Gasteiger partial charge in [0, 0.05) is 26.2 Å². The van der Waals surface area contributed by atoms with E-state index in [1.165, 1.54) is 0 Å². The standard InChI is InChI=1S/C22H34N2O4/c1-3-27-19-6-4-17(5-7-19)22(26)18-8-14-24(15-9-18)21(25)16-28-20-10-12-23(2)13-11-20/h4-7,18,20,22,26H,3,8-16H2,1-2H3. The predicted octanol–water partition coefficient (Wildman–Crippen LogP) is 2.47. The number of carbonyl (C=O) groups is 1. The van der Waals surface area contributed by atoms with Crippen LogP contribution in [0.4, 0.5) is 0 Å². The fourth-order valence-corrected chi connectivity index (χ4v) is 4.10. The number of aliphatic hydroxyl groups excluding tert-OH is 1. The van der Waals surface area contributed by atoms with Crippen molar-refractivity contribution in [2.45, 2.75) is 44.8 Å². The van der Waals surface area contributed by atoms with Gasteiger partial charge in [0.25, 0.3) is 0 Å². The maximum atomic E-state index is 12.5. The Morgan fingerprint density at radius 3 is 2.36 bits per heavy atom.